The molecule has 0 aliphatic heterocycles. The van der Waals surface area contributed by atoms with Crippen molar-refractivity contribution >= 4 is 44.3 Å². The third-order valence-electron chi connectivity index (χ3n) is 4.78. The molecule has 2 aromatic carbocycles. The van der Waals surface area contributed by atoms with Gasteiger partial charge in [0.1, 0.15) is 17.0 Å². The minimum atomic E-state index is -0.425. The number of esters is 1. The van der Waals surface area contributed by atoms with Crippen molar-refractivity contribution in [3.05, 3.63) is 58.5 Å². The van der Waals surface area contributed by atoms with Crippen molar-refractivity contribution in [2.45, 2.75) is 6.54 Å². The topological polar surface area (TPSA) is 87.0 Å². The van der Waals surface area contributed by atoms with Crippen LogP contribution in [-0.2, 0) is 11.3 Å². The molecule has 2 aromatic heterocycles. The van der Waals surface area contributed by atoms with E-state index in [1.54, 1.807) is 38.9 Å². The van der Waals surface area contributed by atoms with Crippen LogP contribution in [0.4, 0.5) is 5.82 Å². The second kappa shape index (κ2) is 8.19. The molecule has 9 heteroatoms. The highest BCUT2D eigenvalue weighted by atomic mass is 79.9. The van der Waals surface area contributed by atoms with E-state index >= 15 is 0 Å². The van der Waals surface area contributed by atoms with Crippen molar-refractivity contribution in [1.82, 2.24) is 14.4 Å². The molecule has 0 bridgehead atoms. The summed E-state index contributed by atoms with van der Waals surface area (Å²) in [6.07, 6.45) is 3.41. The van der Waals surface area contributed by atoms with E-state index in [1.807, 2.05) is 22.6 Å². The van der Waals surface area contributed by atoms with Crippen molar-refractivity contribution in [2.75, 3.05) is 26.6 Å². The molecule has 1 N–H and O–H groups in total. The molecule has 2 heterocycles. The van der Waals surface area contributed by atoms with Gasteiger partial charge in [0.25, 0.3) is 0 Å². The summed E-state index contributed by atoms with van der Waals surface area (Å²) in [6, 6.07) is 9.19. The molecule has 0 atom stereocenters. The predicted octanol–water partition coefficient (Wildman–Crippen LogP) is 4.06. The minimum Gasteiger partial charge on any atom is -0.497 e. The Kier molecular flexibility index (Phi) is 5.45. The molecule has 0 spiro atoms. The maximum absolute atomic E-state index is 12.1. The van der Waals surface area contributed by atoms with Crippen LogP contribution in [0.2, 0.25) is 0 Å². The van der Waals surface area contributed by atoms with E-state index in [4.69, 9.17) is 19.2 Å². The Balaban J connectivity index is 1.75. The summed E-state index contributed by atoms with van der Waals surface area (Å²) >= 11 is 3.43. The Labute approximate surface area is 180 Å². The lowest BCUT2D eigenvalue weighted by Gasteiger charge is -2.14. The number of halogens is 1. The normalized spacial score (nSPS) is 10.9. The standard InChI is InChI=1S/C21H19BrN4O4/c1-28-13-5-4-12(19(6-13)29-2)9-24-20-18-10-23-11-26(18)17-7-14(21(27)30-3)15(22)8-16(17)25-20/h4-8,10-11H,9H2,1-3H3,(H,24,25). The zero-order chi connectivity index (χ0) is 21.3. The highest BCUT2D eigenvalue weighted by Gasteiger charge is 2.16. The van der Waals surface area contributed by atoms with Crippen molar-refractivity contribution in [3.8, 4) is 11.5 Å². The van der Waals surface area contributed by atoms with Crippen LogP contribution in [0.15, 0.2) is 47.3 Å². The van der Waals surface area contributed by atoms with Crippen molar-refractivity contribution < 1.29 is 19.0 Å². The van der Waals surface area contributed by atoms with Crippen molar-refractivity contribution in [1.29, 1.82) is 0 Å². The molecule has 4 rings (SSSR count). The predicted molar refractivity (Wildman–Crippen MR) is 116 cm³/mol. The second-order valence-electron chi connectivity index (χ2n) is 6.45. The Morgan fingerprint density at radius 2 is 1.97 bits per heavy atom. The van der Waals surface area contributed by atoms with Gasteiger partial charge in [0.05, 0.1) is 50.5 Å². The Hall–Kier alpha value is -3.33. The van der Waals surface area contributed by atoms with Gasteiger partial charge in [-0.1, -0.05) is 0 Å². The van der Waals surface area contributed by atoms with Crippen LogP contribution in [0.5, 0.6) is 11.5 Å². The molecular formula is C21H19BrN4O4. The molecule has 0 amide bonds. The lowest BCUT2D eigenvalue weighted by molar-refractivity contribution is 0.0600. The number of nitrogens with zero attached hydrogens (tertiary/aromatic N) is 3. The second-order valence-corrected chi connectivity index (χ2v) is 7.31. The fraction of sp³-hybridized carbons (Fsp3) is 0.190. The molecular weight excluding hydrogens is 452 g/mol. The first-order valence-corrected chi connectivity index (χ1v) is 9.83. The number of methoxy groups -OCH3 is 3. The average Bonchev–Trinajstić information content (AvgIpc) is 3.26. The van der Waals surface area contributed by atoms with Gasteiger partial charge in [-0.2, -0.15) is 0 Å². The Morgan fingerprint density at radius 1 is 1.13 bits per heavy atom. The Morgan fingerprint density at radius 3 is 2.70 bits per heavy atom. The van der Waals surface area contributed by atoms with Crippen LogP contribution >= 0.6 is 15.9 Å². The van der Waals surface area contributed by atoms with Crippen molar-refractivity contribution in [3.63, 3.8) is 0 Å². The number of anilines is 1. The van der Waals surface area contributed by atoms with Gasteiger partial charge in [0.15, 0.2) is 5.82 Å². The number of ether oxygens (including phenoxy) is 3. The largest absolute Gasteiger partial charge is 0.497 e. The summed E-state index contributed by atoms with van der Waals surface area (Å²) in [5.41, 5.74) is 3.61. The zero-order valence-corrected chi connectivity index (χ0v) is 18.2. The van der Waals surface area contributed by atoms with E-state index in [0.717, 1.165) is 28.1 Å². The van der Waals surface area contributed by atoms with Gasteiger partial charge >= 0.3 is 5.97 Å². The molecule has 8 nitrogen and oxygen atoms in total. The van der Waals surface area contributed by atoms with E-state index in [1.165, 1.54) is 7.11 Å². The van der Waals surface area contributed by atoms with Crippen LogP contribution in [-0.4, -0.2) is 41.7 Å². The van der Waals surface area contributed by atoms with Gasteiger partial charge in [-0.25, -0.2) is 14.8 Å². The summed E-state index contributed by atoms with van der Waals surface area (Å²) in [5.74, 6) is 1.68. The van der Waals surface area contributed by atoms with E-state index in [0.29, 0.717) is 27.9 Å². The quantitative estimate of drug-likeness (QED) is 0.425. The lowest BCUT2D eigenvalue weighted by Crippen LogP contribution is -2.07. The maximum Gasteiger partial charge on any atom is 0.339 e. The van der Waals surface area contributed by atoms with E-state index in [9.17, 15) is 4.79 Å². The summed E-state index contributed by atoms with van der Waals surface area (Å²) in [7, 11) is 4.59. The minimum absolute atomic E-state index is 0.422. The smallest absolute Gasteiger partial charge is 0.339 e. The summed E-state index contributed by atoms with van der Waals surface area (Å²) in [4.78, 5) is 21.1. The van der Waals surface area contributed by atoms with Crippen LogP contribution < -0.4 is 14.8 Å². The number of hydrogen-bond acceptors (Lipinski definition) is 7. The van der Waals surface area contributed by atoms with Gasteiger partial charge in [0, 0.05) is 22.6 Å². The number of carbonyl (C=O) groups is 1. The summed E-state index contributed by atoms with van der Waals surface area (Å²) in [6.45, 7) is 0.494. The molecule has 30 heavy (non-hydrogen) atoms. The van der Waals surface area contributed by atoms with Gasteiger partial charge in [0.2, 0.25) is 0 Å². The monoisotopic (exact) mass is 470 g/mol. The molecule has 0 fully saturated rings. The fourth-order valence-electron chi connectivity index (χ4n) is 3.25. The van der Waals surface area contributed by atoms with Gasteiger partial charge in [-0.3, -0.25) is 4.40 Å². The molecule has 154 valence electrons. The number of fused-ring (bicyclic) bond motifs is 3. The van der Waals surface area contributed by atoms with E-state index in [-0.39, 0.29) is 0 Å². The average molecular weight is 471 g/mol. The SMILES string of the molecule is COC(=O)c1cc2c(cc1Br)nc(NCc1ccc(OC)cc1OC)c1cncn12. The number of nitrogens with one attached hydrogen (secondary N) is 1. The van der Waals surface area contributed by atoms with E-state index in [2.05, 4.69) is 26.2 Å². The highest BCUT2D eigenvalue weighted by molar-refractivity contribution is 9.10. The van der Waals surface area contributed by atoms with Gasteiger partial charge < -0.3 is 19.5 Å². The molecule has 0 radical (unpaired) electrons. The fourth-order valence-corrected chi connectivity index (χ4v) is 3.74. The maximum atomic E-state index is 12.1. The van der Waals surface area contributed by atoms with Crippen LogP contribution in [0.25, 0.3) is 16.6 Å². The van der Waals surface area contributed by atoms with Crippen LogP contribution in [0, 0.1) is 0 Å². The van der Waals surface area contributed by atoms with E-state index < -0.39 is 5.97 Å². The first-order chi connectivity index (χ1) is 14.5. The third kappa shape index (κ3) is 3.52. The number of hydrogen-bond donors (Lipinski definition) is 1. The molecule has 0 aliphatic rings. The molecule has 0 unspecified atom stereocenters. The van der Waals surface area contributed by atoms with Gasteiger partial charge in [-0.15, -0.1) is 0 Å². The summed E-state index contributed by atoms with van der Waals surface area (Å²) in [5, 5.41) is 3.36. The molecule has 0 saturated carbocycles. The van der Waals surface area contributed by atoms with Crippen molar-refractivity contribution in [2.24, 2.45) is 0 Å². The number of carbonyl (C=O) groups excluding carboxylic acids is 1. The zero-order valence-electron chi connectivity index (χ0n) is 16.6. The van der Waals surface area contributed by atoms with Crippen LogP contribution in [0.3, 0.4) is 0 Å². The molecule has 0 aliphatic carbocycles. The number of rotatable bonds is 6. The highest BCUT2D eigenvalue weighted by Crippen LogP contribution is 2.29. The number of imidazole rings is 1. The molecule has 0 saturated heterocycles. The lowest BCUT2D eigenvalue weighted by atomic mass is 10.1. The summed E-state index contributed by atoms with van der Waals surface area (Å²) < 4.78 is 18.1. The van der Waals surface area contributed by atoms with Gasteiger partial charge in [-0.05, 0) is 40.2 Å². The van der Waals surface area contributed by atoms with Crippen LogP contribution in [0.1, 0.15) is 15.9 Å². The number of aromatic nitrogens is 3. The molecule has 4 aromatic rings. The first-order valence-electron chi connectivity index (χ1n) is 9.04. The third-order valence-corrected chi connectivity index (χ3v) is 5.44. The first kappa shape index (κ1) is 20.0. The number of benzene rings is 2. The Bertz CT molecular complexity index is 1250.